The first kappa shape index (κ1) is 15.1. The zero-order chi connectivity index (χ0) is 14.8. The van der Waals surface area contributed by atoms with Crippen LogP contribution in [-0.4, -0.2) is 35.6 Å². The van der Waals surface area contributed by atoms with E-state index < -0.39 is 6.36 Å². The molecule has 0 radical (unpaired) electrons. The summed E-state index contributed by atoms with van der Waals surface area (Å²) in [5, 5.41) is 9.54. The fourth-order valence-electron chi connectivity index (χ4n) is 2.50. The van der Waals surface area contributed by atoms with Crippen molar-refractivity contribution < 1.29 is 23.0 Å². The van der Waals surface area contributed by atoms with Crippen LogP contribution >= 0.6 is 0 Å². The second kappa shape index (κ2) is 6.01. The summed E-state index contributed by atoms with van der Waals surface area (Å²) in [6.07, 6.45) is -4.10. The van der Waals surface area contributed by atoms with E-state index in [0.29, 0.717) is 6.54 Å². The normalized spacial score (nSPS) is 21.9. The lowest BCUT2D eigenvalue weighted by atomic mass is 10.0. The fourth-order valence-corrected chi connectivity index (χ4v) is 2.50. The van der Waals surface area contributed by atoms with Gasteiger partial charge in [-0.05, 0) is 43.5 Å². The predicted molar refractivity (Wildman–Crippen MR) is 68.2 cm³/mol. The monoisotopic (exact) mass is 289 g/mol. The molecule has 2 unspecified atom stereocenters. The van der Waals surface area contributed by atoms with Crippen molar-refractivity contribution in [3.05, 3.63) is 29.8 Å². The van der Waals surface area contributed by atoms with E-state index in [0.717, 1.165) is 25.1 Å². The van der Waals surface area contributed by atoms with Gasteiger partial charge in [0, 0.05) is 13.1 Å². The summed E-state index contributed by atoms with van der Waals surface area (Å²) < 4.78 is 40.4. The third kappa shape index (κ3) is 4.38. The van der Waals surface area contributed by atoms with Crippen molar-refractivity contribution in [1.29, 1.82) is 0 Å². The van der Waals surface area contributed by atoms with E-state index in [1.54, 1.807) is 19.1 Å². The molecule has 1 fully saturated rings. The number of alkyl halides is 3. The van der Waals surface area contributed by atoms with Gasteiger partial charge in [-0.2, -0.15) is 0 Å². The van der Waals surface area contributed by atoms with Gasteiger partial charge in [-0.1, -0.05) is 12.1 Å². The molecule has 2 atom stereocenters. The second-order valence-electron chi connectivity index (χ2n) is 5.22. The highest BCUT2D eigenvalue weighted by Gasteiger charge is 2.31. The second-order valence-corrected chi connectivity index (χ2v) is 5.22. The summed E-state index contributed by atoms with van der Waals surface area (Å²) in [4.78, 5) is 2.13. The Balaban J connectivity index is 1.95. The summed E-state index contributed by atoms with van der Waals surface area (Å²) in [5.41, 5.74) is 0.776. The van der Waals surface area contributed by atoms with Crippen molar-refractivity contribution in [2.75, 3.05) is 13.1 Å². The number of nitrogens with zero attached hydrogens (tertiary/aromatic N) is 1. The topological polar surface area (TPSA) is 32.7 Å². The van der Waals surface area contributed by atoms with Gasteiger partial charge in [0.05, 0.1) is 6.10 Å². The van der Waals surface area contributed by atoms with Crippen LogP contribution in [0, 0.1) is 5.92 Å². The molecule has 0 spiro atoms. The van der Waals surface area contributed by atoms with Gasteiger partial charge in [-0.15, -0.1) is 13.2 Å². The smallest absolute Gasteiger partial charge is 0.406 e. The van der Waals surface area contributed by atoms with E-state index in [-0.39, 0.29) is 17.8 Å². The molecule has 2 rings (SSSR count). The van der Waals surface area contributed by atoms with E-state index in [9.17, 15) is 18.3 Å². The summed E-state index contributed by atoms with van der Waals surface area (Å²) >= 11 is 0. The summed E-state index contributed by atoms with van der Waals surface area (Å²) in [5.74, 6) is 0.0471. The third-order valence-corrected chi connectivity index (χ3v) is 3.53. The van der Waals surface area contributed by atoms with Crippen molar-refractivity contribution in [2.45, 2.75) is 32.4 Å². The molecule has 1 aromatic carbocycles. The van der Waals surface area contributed by atoms with Gasteiger partial charge in [-0.25, -0.2) is 0 Å². The number of rotatable bonds is 4. The third-order valence-electron chi connectivity index (χ3n) is 3.53. The highest BCUT2D eigenvalue weighted by Crippen LogP contribution is 2.25. The standard InChI is InChI=1S/C14H18F3NO2/c1-10(19)12-5-6-18(9-12)8-11-3-2-4-13(7-11)20-14(15,16)17/h2-4,7,10,12,19H,5-6,8-9H2,1H3. The number of halogens is 3. The molecular formula is C14H18F3NO2. The van der Waals surface area contributed by atoms with Crippen molar-refractivity contribution in [1.82, 2.24) is 4.90 Å². The van der Waals surface area contributed by atoms with Crippen molar-refractivity contribution in [3.63, 3.8) is 0 Å². The number of aliphatic hydroxyl groups is 1. The van der Waals surface area contributed by atoms with Crippen LogP contribution in [0.2, 0.25) is 0 Å². The summed E-state index contributed by atoms with van der Waals surface area (Å²) in [6, 6.07) is 6.03. The lowest BCUT2D eigenvalue weighted by Gasteiger charge is -2.18. The van der Waals surface area contributed by atoms with Crippen LogP contribution in [0.4, 0.5) is 13.2 Å². The molecule has 0 bridgehead atoms. The SMILES string of the molecule is CC(O)C1CCN(Cc2cccc(OC(F)(F)F)c2)C1. The number of hydrogen-bond donors (Lipinski definition) is 1. The van der Waals surface area contributed by atoms with Gasteiger partial charge in [0.15, 0.2) is 0 Å². The van der Waals surface area contributed by atoms with E-state index >= 15 is 0 Å². The van der Waals surface area contributed by atoms with Crippen LogP contribution in [0.15, 0.2) is 24.3 Å². The lowest BCUT2D eigenvalue weighted by molar-refractivity contribution is -0.274. The first-order valence-electron chi connectivity index (χ1n) is 6.58. The summed E-state index contributed by atoms with van der Waals surface area (Å²) in [6.45, 7) is 3.95. The van der Waals surface area contributed by atoms with Gasteiger partial charge in [-0.3, -0.25) is 4.90 Å². The fraction of sp³-hybridized carbons (Fsp3) is 0.571. The Morgan fingerprint density at radius 2 is 2.20 bits per heavy atom. The molecule has 0 aliphatic carbocycles. The van der Waals surface area contributed by atoms with Crippen LogP contribution in [0.25, 0.3) is 0 Å². The molecule has 0 aromatic heterocycles. The quantitative estimate of drug-likeness (QED) is 0.925. The molecule has 0 amide bonds. The van der Waals surface area contributed by atoms with Gasteiger partial charge in [0.1, 0.15) is 5.75 Å². The largest absolute Gasteiger partial charge is 0.573 e. The minimum atomic E-state index is -4.66. The molecule has 0 saturated carbocycles. The Kier molecular flexibility index (Phi) is 4.55. The van der Waals surface area contributed by atoms with Crippen LogP contribution in [0.1, 0.15) is 18.9 Å². The predicted octanol–water partition coefficient (Wildman–Crippen LogP) is 2.79. The van der Waals surface area contributed by atoms with Crippen molar-refractivity contribution in [2.24, 2.45) is 5.92 Å². The molecule has 3 nitrogen and oxygen atoms in total. The van der Waals surface area contributed by atoms with Crippen molar-refractivity contribution >= 4 is 0 Å². The van der Waals surface area contributed by atoms with Crippen LogP contribution in [-0.2, 0) is 6.54 Å². The molecular weight excluding hydrogens is 271 g/mol. The number of hydrogen-bond acceptors (Lipinski definition) is 3. The van der Waals surface area contributed by atoms with Gasteiger partial charge < -0.3 is 9.84 Å². The molecule has 112 valence electrons. The Hall–Kier alpha value is -1.27. The maximum Gasteiger partial charge on any atom is 0.573 e. The molecule has 1 aliphatic rings. The van der Waals surface area contributed by atoms with E-state index in [2.05, 4.69) is 9.64 Å². The Labute approximate surface area is 116 Å². The average molecular weight is 289 g/mol. The Bertz CT molecular complexity index is 448. The zero-order valence-corrected chi connectivity index (χ0v) is 11.2. The molecule has 1 N–H and O–H groups in total. The average Bonchev–Trinajstić information content (AvgIpc) is 2.75. The number of aliphatic hydroxyl groups excluding tert-OH is 1. The van der Waals surface area contributed by atoms with Gasteiger partial charge >= 0.3 is 6.36 Å². The van der Waals surface area contributed by atoms with Crippen LogP contribution in [0.3, 0.4) is 0 Å². The number of likely N-dealkylation sites (tertiary alicyclic amines) is 1. The summed E-state index contributed by atoms with van der Waals surface area (Å²) in [7, 11) is 0. The molecule has 20 heavy (non-hydrogen) atoms. The molecule has 1 saturated heterocycles. The Morgan fingerprint density at radius 1 is 1.45 bits per heavy atom. The van der Waals surface area contributed by atoms with Gasteiger partial charge in [0.25, 0.3) is 0 Å². The molecule has 1 heterocycles. The van der Waals surface area contributed by atoms with E-state index in [1.165, 1.54) is 12.1 Å². The number of ether oxygens (including phenoxy) is 1. The Morgan fingerprint density at radius 3 is 2.80 bits per heavy atom. The first-order valence-corrected chi connectivity index (χ1v) is 6.58. The van der Waals surface area contributed by atoms with E-state index in [1.807, 2.05) is 0 Å². The maximum atomic E-state index is 12.2. The number of benzene rings is 1. The molecule has 6 heteroatoms. The minimum absolute atomic E-state index is 0.193. The van der Waals surface area contributed by atoms with Gasteiger partial charge in [0.2, 0.25) is 0 Å². The van der Waals surface area contributed by atoms with Crippen LogP contribution < -0.4 is 4.74 Å². The molecule has 1 aromatic rings. The molecule has 1 aliphatic heterocycles. The van der Waals surface area contributed by atoms with E-state index in [4.69, 9.17) is 0 Å². The maximum absolute atomic E-state index is 12.2. The lowest BCUT2D eigenvalue weighted by Crippen LogP contribution is -2.24. The minimum Gasteiger partial charge on any atom is -0.406 e. The zero-order valence-electron chi connectivity index (χ0n) is 11.2. The highest BCUT2D eigenvalue weighted by molar-refractivity contribution is 5.28. The van der Waals surface area contributed by atoms with Crippen LogP contribution in [0.5, 0.6) is 5.75 Å². The highest BCUT2D eigenvalue weighted by atomic mass is 19.4. The first-order chi connectivity index (χ1) is 9.33. The van der Waals surface area contributed by atoms with Crippen molar-refractivity contribution in [3.8, 4) is 5.75 Å².